The zero-order valence-corrected chi connectivity index (χ0v) is 23.8. The molecule has 0 radical (unpaired) electrons. The van der Waals surface area contributed by atoms with Gasteiger partial charge in [0, 0.05) is 47.5 Å². The summed E-state index contributed by atoms with van der Waals surface area (Å²) < 4.78 is 0. The van der Waals surface area contributed by atoms with Gasteiger partial charge in [-0.05, 0) is 43.4 Å². The van der Waals surface area contributed by atoms with Crippen molar-refractivity contribution in [2.45, 2.75) is 13.1 Å². The highest BCUT2D eigenvalue weighted by atomic mass is 35.5. The maximum atomic E-state index is 6.33. The van der Waals surface area contributed by atoms with Gasteiger partial charge >= 0.3 is 0 Å². The van der Waals surface area contributed by atoms with Gasteiger partial charge in [0.05, 0.1) is 21.9 Å². The normalized spacial score (nSPS) is 10.1. The minimum Gasteiger partial charge on any atom is -0.314 e. The van der Waals surface area contributed by atoms with E-state index in [9.17, 15) is 0 Å². The molecular formula is C23H24Cl5N7S. The van der Waals surface area contributed by atoms with Gasteiger partial charge in [0.25, 0.3) is 0 Å². The van der Waals surface area contributed by atoms with Crippen LogP contribution in [0.4, 0.5) is 10.9 Å². The molecule has 13 heteroatoms. The van der Waals surface area contributed by atoms with Crippen LogP contribution in [-0.2, 0) is 13.1 Å². The fourth-order valence-electron chi connectivity index (χ4n) is 3.48. The average Bonchev–Trinajstić information content (AvgIpc) is 3.41. The zero-order chi connectivity index (χ0) is 21.9. The molecule has 2 N–H and O–H groups in total. The van der Waals surface area contributed by atoms with E-state index < -0.39 is 0 Å². The summed E-state index contributed by atoms with van der Waals surface area (Å²) in [6.45, 7) is 1.57. The van der Waals surface area contributed by atoms with Crippen molar-refractivity contribution in [1.29, 1.82) is 0 Å². The maximum Gasteiger partial charge on any atom is 0.188 e. The number of thiazole rings is 1. The molecule has 0 aliphatic carbocycles. The van der Waals surface area contributed by atoms with Gasteiger partial charge in [-0.25, -0.2) is 4.98 Å². The molecule has 0 aliphatic rings. The lowest BCUT2D eigenvalue weighted by Gasteiger charge is -2.14. The quantitative estimate of drug-likeness (QED) is 0.204. The Morgan fingerprint density at radius 2 is 1.75 bits per heavy atom. The van der Waals surface area contributed by atoms with Crippen LogP contribution in [0.2, 0.25) is 5.02 Å². The molecule has 4 heterocycles. The molecule has 0 saturated carbocycles. The number of benzene rings is 1. The van der Waals surface area contributed by atoms with Crippen LogP contribution in [0.5, 0.6) is 0 Å². The standard InChI is InChI=1S/C23H20ClN7S.4ClH/c1-31(13-16-5-2-3-9-25-16)14-17-12-27-23(32-17)28-22-18-11-15(7-8-20(18)29-30-22)21-19(24)6-4-10-26-21;;;;/h2-12H,13-14H2,1H3,(H2,27,28,29,30);4*1H. The Kier molecular flexibility index (Phi) is 12.9. The van der Waals surface area contributed by atoms with Crippen LogP contribution in [0.15, 0.2) is 67.1 Å². The van der Waals surface area contributed by atoms with Crippen LogP contribution in [0.25, 0.3) is 22.2 Å². The number of H-pyrrole nitrogens is 1. The second-order valence-corrected chi connectivity index (χ2v) is 8.94. The van der Waals surface area contributed by atoms with Gasteiger partial charge < -0.3 is 5.32 Å². The third kappa shape index (κ3) is 7.43. The molecule has 0 bridgehead atoms. The number of pyridine rings is 2. The summed E-state index contributed by atoms with van der Waals surface area (Å²) in [7, 11) is 2.08. The molecule has 1 aromatic carbocycles. The predicted octanol–water partition coefficient (Wildman–Crippen LogP) is 7.19. The number of hydrogen-bond donors (Lipinski definition) is 2. The van der Waals surface area contributed by atoms with E-state index in [1.165, 1.54) is 0 Å². The number of aromatic amines is 1. The molecule has 0 saturated heterocycles. The predicted molar refractivity (Wildman–Crippen MR) is 158 cm³/mol. The van der Waals surface area contributed by atoms with E-state index in [-0.39, 0.29) is 49.6 Å². The van der Waals surface area contributed by atoms with Crippen LogP contribution in [0.1, 0.15) is 10.6 Å². The van der Waals surface area contributed by atoms with Crippen molar-refractivity contribution < 1.29 is 0 Å². The molecule has 0 amide bonds. The van der Waals surface area contributed by atoms with Crippen molar-refractivity contribution in [2.24, 2.45) is 0 Å². The topological polar surface area (TPSA) is 82.6 Å². The summed E-state index contributed by atoms with van der Waals surface area (Å²) in [4.78, 5) is 16.7. The van der Waals surface area contributed by atoms with E-state index in [0.29, 0.717) is 5.02 Å². The molecule has 5 rings (SSSR count). The Labute approximate surface area is 242 Å². The summed E-state index contributed by atoms with van der Waals surface area (Å²) in [6.07, 6.45) is 5.46. The Morgan fingerprint density at radius 3 is 2.50 bits per heavy atom. The number of rotatable bonds is 7. The summed E-state index contributed by atoms with van der Waals surface area (Å²) >= 11 is 7.94. The van der Waals surface area contributed by atoms with E-state index >= 15 is 0 Å². The van der Waals surface area contributed by atoms with Crippen molar-refractivity contribution in [3.63, 3.8) is 0 Å². The van der Waals surface area contributed by atoms with E-state index in [1.807, 2.05) is 60.9 Å². The van der Waals surface area contributed by atoms with Crippen LogP contribution in [-0.4, -0.2) is 37.1 Å². The number of hydrogen-bond acceptors (Lipinski definition) is 7. The van der Waals surface area contributed by atoms with E-state index in [4.69, 9.17) is 11.6 Å². The minimum atomic E-state index is 0. The summed E-state index contributed by atoms with van der Waals surface area (Å²) in [5.41, 5.74) is 3.65. The van der Waals surface area contributed by atoms with E-state index in [0.717, 1.165) is 56.8 Å². The third-order valence-corrected chi connectivity index (χ3v) is 6.16. The highest BCUT2D eigenvalue weighted by molar-refractivity contribution is 7.15. The second-order valence-electron chi connectivity index (χ2n) is 7.42. The van der Waals surface area contributed by atoms with E-state index in [2.05, 4.69) is 42.4 Å². The number of nitrogens with zero attached hydrogens (tertiary/aromatic N) is 5. The Bertz CT molecular complexity index is 1360. The highest BCUT2D eigenvalue weighted by Crippen LogP contribution is 2.32. The largest absolute Gasteiger partial charge is 0.314 e. The van der Waals surface area contributed by atoms with Gasteiger partial charge in [0.15, 0.2) is 10.9 Å². The van der Waals surface area contributed by atoms with Crippen molar-refractivity contribution in [3.8, 4) is 11.3 Å². The van der Waals surface area contributed by atoms with Crippen molar-refractivity contribution in [1.82, 2.24) is 30.0 Å². The number of anilines is 2. The van der Waals surface area contributed by atoms with Crippen molar-refractivity contribution in [2.75, 3.05) is 12.4 Å². The molecule has 0 aliphatic heterocycles. The lowest BCUT2D eigenvalue weighted by molar-refractivity contribution is 0.318. The molecule has 4 aromatic heterocycles. The SMILES string of the molecule is CN(Cc1ccccn1)Cc1cnc(Nc2n[nH]c3ccc(-c4ncccc4Cl)cc23)s1.Cl.Cl.Cl.Cl. The van der Waals surface area contributed by atoms with Crippen molar-refractivity contribution in [3.05, 3.63) is 82.7 Å². The summed E-state index contributed by atoms with van der Waals surface area (Å²) in [5.74, 6) is 0.719. The van der Waals surface area contributed by atoms with Gasteiger partial charge in [-0.3, -0.25) is 20.0 Å². The Hall–Kier alpha value is -2.17. The Balaban J connectivity index is 0.00000162. The first-order valence-electron chi connectivity index (χ1n) is 10.0. The van der Waals surface area contributed by atoms with Gasteiger partial charge in [-0.15, -0.1) is 61.0 Å². The van der Waals surface area contributed by atoms with Gasteiger partial charge in [0.1, 0.15) is 0 Å². The first-order chi connectivity index (χ1) is 15.7. The first kappa shape index (κ1) is 31.9. The molecule has 192 valence electrons. The summed E-state index contributed by atoms with van der Waals surface area (Å²) in [6, 6.07) is 15.6. The molecule has 36 heavy (non-hydrogen) atoms. The molecule has 0 atom stereocenters. The van der Waals surface area contributed by atoms with Crippen molar-refractivity contribution >= 4 is 94.4 Å². The van der Waals surface area contributed by atoms with Crippen LogP contribution in [0.3, 0.4) is 0 Å². The van der Waals surface area contributed by atoms with Gasteiger partial charge in [-0.2, -0.15) is 5.10 Å². The molecular weight excluding hydrogens is 584 g/mol. The third-order valence-electron chi connectivity index (χ3n) is 4.96. The molecule has 0 spiro atoms. The lowest BCUT2D eigenvalue weighted by Crippen LogP contribution is -2.17. The second kappa shape index (κ2) is 14.5. The van der Waals surface area contributed by atoms with Gasteiger partial charge in [0.2, 0.25) is 0 Å². The highest BCUT2D eigenvalue weighted by Gasteiger charge is 2.12. The zero-order valence-electron chi connectivity index (χ0n) is 18.9. The number of nitrogens with one attached hydrogen (secondary N) is 2. The average molecular weight is 608 g/mol. The maximum absolute atomic E-state index is 6.33. The summed E-state index contributed by atoms with van der Waals surface area (Å²) in [5, 5.41) is 13.2. The van der Waals surface area contributed by atoms with Crippen LogP contribution < -0.4 is 5.32 Å². The molecule has 5 aromatic rings. The fraction of sp³-hybridized carbons (Fsp3) is 0.130. The molecule has 0 fully saturated rings. The minimum absolute atomic E-state index is 0. The van der Waals surface area contributed by atoms with Crippen LogP contribution in [0, 0.1) is 0 Å². The number of fused-ring (bicyclic) bond motifs is 1. The van der Waals surface area contributed by atoms with E-state index in [1.54, 1.807) is 17.5 Å². The molecule has 0 unspecified atom stereocenters. The first-order valence-corrected chi connectivity index (χ1v) is 11.2. The number of halogens is 5. The van der Waals surface area contributed by atoms with Gasteiger partial charge in [-0.1, -0.05) is 23.7 Å². The Morgan fingerprint density at radius 1 is 0.944 bits per heavy atom. The number of aromatic nitrogens is 5. The molecule has 7 nitrogen and oxygen atoms in total. The fourth-order valence-corrected chi connectivity index (χ4v) is 4.61. The monoisotopic (exact) mass is 605 g/mol. The van der Waals surface area contributed by atoms with Crippen LogP contribution >= 0.6 is 72.6 Å². The smallest absolute Gasteiger partial charge is 0.188 e. The lowest BCUT2D eigenvalue weighted by atomic mass is 10.1.